The fraction of sp³-hybridized carbons (Fsp3) is 0.769. The first-order chi connectivity index (χ1) is 8.46. The van der Waals surface area contributed by atoms with Crippen LogP contribution >= 0.6 is 0 Å². The van der Waals surface area contributed by atoms with Crippen LogP contribution in [0.3, 0.4) is 0 Å². The molecule has 0 aliphatic rings. The van der Waals surface area contributed by atoms with Crippen LogP contribution in [0.1, 0.15) is 13.3 Å². The molecule has 0 amide bonds. The topological polar surface area (TPSA) is 44.8 Å². The normalized spacial score (nSPS) is 12.6. The summed E-state index contributed by atoms with van der Waals surface area (Å²) < 4.78 is 17.0. The van der Waals surface area contributed by atoms with Crippen molar-refractivity contribution in [1.82, 2.24) is 0 Å². The molecule has 0 bridgehead atoms. The average molecular weight is 305 g/mol. The lowest BCUT2D eigenvalue weighted by Gasteiger charge is -2.31. The molecule has 0 atom stereocenters. The van der Waals surface area contributed by atoms with Crippen LogP contribution in [0, 0.1) is 0 Å². The number of hydrogen-bond donors (Lipinski definition) is 0. The summed E-state index contributed by atoms with van der Waals surface area (Å²) in [7, 11) is -3.66. The van der Waals surface area contributed by atoms with E-state index in [9.17, 15) is 4.79 Å². The van der Waals surface area contributed by atoms with Crippen molar-refractivity contribution in [3.8, 4) is 0 Å². The van der Waals surface area contributed by atoms with Crippen LogP contribution in [-0.4, -0.2) is 35.5 Å². The highest BCUT2D eigenvalue weighted by Crippen LogP contribution is 2.20. The van der Waals surface area contributed by atoms with Gasteiger partial charge in [0.25, 0.3) is 0 Å². The van der Waals surface area contributed by atoms with Crippen molar-refractivity contribution in [3.05, 3.63) is 12.2 Å². The number of ether oxygens (including phenoxy) is 1. The molecule has 0 saturated heterocycles. The van der Waals surface area contributed by atoms with E-state index in [0.717, 1.165) is 6.42 Å². The maximum absolute atomic E-state index is 11.9. The average Bonchev–Trinajstić information content (AvgIpc) is 2.19. The van der Waals surface area contributed by atoms with Crippen molar-refractivity contribution in [3.63, 3.8) is 0 Å². The molecule has 0 aromatic rings. The summed E-state index contributed by atoms with van der Waals surface area (Å²) in [4.78, 5) is 11.9. The molecule has 0 spiro atoms. The van der Waals surface area contributed by atoms with Gasteiger partial charge in [-0.3, -0.25) is 0 Å². The zero-order valence-corrected chi connectivity index (χ0v) is 15.3. The molecule has 0 rings (SSSR count). The van der Waals surface area contributed by atoms with Gasteiger partial charge in [-0.05, 0) is 45.7 Å². The summed E-state index contributed by atoms with van der Waals surface area (Å²) in [6, 6.07) is 0. The van der Waals surface area contributed by atoms with E-state index in [1.165, 1.54) is 0 Å². The van der Waals surface area contributed by atoms with Gasteiger partial charge in [0.2, 0.25) is 0 Å². The Balaban J connectivity index is 4.82. The number of carbonyl (C=O) groups is 1. The highest BCUT2D eigenvalue weighted by atomic mass is 28.4. The van der Waals surface area contributed by atoms with Gasteiger partial charge in [0.1, 0.15) is 0 Å². The molecular formula is C13H28O4Si2. The van der Waals surface area contributed by atoms with Crippen LogP contribution in [0.5, 0.6) is 0 Å². The molecule has 0 heterocycles. The standard InChI is InChI=1S/C13H28O4Si2/c1-9-10-15-12(14)11(2)13(16-18(3,4)5)17-19(6,7)8/h13H,2,9-10H2,1,3-8H3. The van der Waals surface area contributed by atoms with E-state index < -0.39 is 28.9 Å². The van der Waals surface area contributed by atoms with Gasteiger partial charge in [-0.25, -0.2) is 4.79 Å². The Hall–Kier alpha value is -0.436. The fourth-order valence-corrected chi connectivity index (χ4v) is 2.95. The number of carbonyl (C=O) groups excluding carboxylic acids is 1. The maximum atomic E-state index is 11.9. The molecule has 0 N–H and O–H groups in total. The lowest BCUT2D eigenvalue weighted by atomic mass is 10.3. The zero-order valence-electron chi connectivity index (χ0n) is 13.3. The summed E-state index contributed by atoms with van der Waals surface area (Å²) in [6.07, 6.45) is 0.107. The second-order valence-electron chi connectivity index (χ2n) is 6.45. The third-order valence-corrected chi connectivity index (χ3v) is 3.75. The Morgan fingerprint density at radius 3 is 1.79 bits per heavy atom. The van der Waals surface area contributed by atoms with E-state index in [-0.39, 0.29) is 5.57 Å². The van der Waals surface area contributed by atoms with Crippen LogP contribution in [0.25, 0.3) is 0 Å². The second-order valence-corrected chi connectivity index (χ2v) is 15.4. The fourth-order valence-electron chi connectivity index (χ4n) is 1.19. The van der Waals surface area contributed by atoms with Gasteiger partial charge in [0, 0.05) is 0 Å². The molecule has 6 heteroatoms. The molecule has 0 unspecified atom stereocenters. The van der Waals surface area contributed by atoms with E-state index in [0.29, 0.717) is 6.61 Å². The molecule has 19 heavy (non-hydrogen) atoms. The molecule has 0 aromatic heterocycles. The van der Waals surface area contributed by atoms with Gasteiger partial charge in [0.15, 0.2) is 22.9 Å². The first kappa shape index (κ1) is 18.6. The summed E-state index contributed by atoms with van der Waals surface area (Å²) in [5, 5.41) is 0. The molecule has 0 saturated carbocycles. The van der Waals surface area contributed by atoms with Gasteiger partial charge in [-0.1, -0.05) is 13.5 Å². The Bertz CT molecular complexity index is 300. The summed E-state index contributed by atoms with van der Waals surface area (Å²) >= 11 is 0. The van der Waals surface area contributed by atoms with Gasteiger partial charge in [-0.15, -0.1) is 0 Å². The number of hydrogen-bond acceptors (Lipinski definition) is 4. The Kier molecular flexibility index (Phi) is 7.20. The van der Waals surface area contributed by atoms with Gasteiger partial charge >= 0.3 is 5.97 Å². The Morgan fingerprint density at radius 1 is 1.05 bits per heavy atom. The molecule has 112 valence electrons. The minimum atomic E-state index is -1.83. The molecule has 0 radical (unpaired) electrons. The van der Waals surface area contributed by atoms with Crippen molar-refractivity contribution in [1.29, 1.82) is 0 Å². The lowest BCUT2D eigenvalue weighted by Crippen LogP contribution is -2.42. The smallest absolute Gasteiger partial charge is 0.338 e. The maximum Gasteiger partial charge on any atom is 0.338 e. The van der Waals surface area contributed by atoms with Crippen LogP contribution in [0.4, 0.5) is 0 Å². The van der Waals surface area contributed by atoms with Crippen molar-refractivity contribution >= 4 is 22.6 Å². The van der Waals surface area contributed by atoms with E-state index in [2.05, 4.69) is 45.9 Å². The van der Waals surface area contributed by atoms with E-state index in [4.69, 9.17) is 13.6 Å². The minimum Gasteiger partial charge on any atom is -0.462 e. The molecule has 0 aliphatic heterocycles. The van der Waals surface area contributed by atoms with Gasteiger partial charge in [0.05, 0.1) is 12.2 Å². The van der Waals surface area contributed by atoms with E-state index in [1.54, 1.807) is 0 Å². The van der Waals surface area contributed by atoms with E-state index >= 15 is 0 Å². The minimum absolute atomic E-state index is 0.262. The highest BCUT2D eigenvalue weighted by Gasteiger charge is 2.31. The quantitative estimate of drug-likeness (QED) is 0.298. The van der Waals surface area contributed by atoms with Crippen LogP contribution in [-0.2, 0) is 18.4 Å². The van der Waals surface area contributed by atoms with Crippen LogP contribution in [0.15, 0.2) is 12.2 Å². The largest absolute Gasteiger partial charge is 0.462 e. The summed E-state index contributed by atoms with van der Waals surface area (Å²) in [6.45, 7) is 18.5. The van der Waals surface area contributed by atoms with Gasteiger partial charge in [-0.2, -0.15) is 0 Å². The first-order valence-electron chi connectivity index (χ1n) is 6.68. The predicted octanol–water partition coefficient (Wildman–Crippen LogP) is 3.52. The summed E-state index contributed by atoms with van der Waals surface area (Å²) in [5.41, 5.74) is 0.262. The van der Waals surface area contributed by atoms with Crippen molar-refractivity contribution in [2.24, 2.45) is 0 Å². The molecule has 0 aromatic carbocycles. The SMILES string of the molecule is C=C(C(=O)OCCC)C(O[Si](C)(C)C)O[Si](C)(C)C. The Morgan fingerprint density at radius 2 is 1.47 bits per heavy atom. The lowest BCUT2D eigenvalue weighted by molar-refractivity contribution is -0.142. The Labute approximate surface area is 119 Å². The zero-order chi connectivity index (χ0) is 15.3. The van der Waals surface area contributed by atoms with Crippen LogP contribution in [0.2, 0.25) is 39.3 Å². The van der Waals surface area contributed by atoms with Crippen molar-refractivity contribution in [2.75, 3.05) is 6.61 Å². The number of esters is 1. The third-order valence-electron chi connectivity index (χ3n) is 1.91. The number of rotatable bonds is 8. The highest BCUT2D eigenvalue weighted by molar-refractivity contribution is 6.70. The predicted molar refractivity (Wildman–Crippen MR) is 83.0 cm³/mol. The van der Waals surface area contributed by atoms with Crippen molar-refractivity contribution < 1.29 is 18.4 Å². The molecule has 4 nitrogen and oxygen atoms in total. The molecule has 0 fully saturated rings. The van der Waals surface area contributed by atoms with Crippen molar-refractivity contribution in [2.45, 2.75) is 58.9 Å². The molecular weight excluding hydrogens is 276 g/mol. The van der Waals surface area contributed by atoms with Gasteiger partial charge < -0.3 is 13.6 Å². The van der Waals surface area contributed by atoms with Crippen LogP contribution < -0.4 is 0 Å². The third kappa shape index (κ3) is 9.15. The molecule has 0 aliphatic carbocycles. The van der Waals surface area contributed by atoms with E-state index in [1.807, 2.05) is 6.92 Å². The second kappa shape index (κ2) is 7.37. The first-order valence-corrected chi connectivity index (χ1v) is 13.5. The monoisotopic (exact) mass is 304 g/mol. The summed E-state index contributed by atoms with van der Waals surface area (Å²) in [5.74, 6) is -0.427.